The van der Waals surface area contributed by atoms with E-state index < -0.39 is 0 Å². The van der Waals surface area contributed by atoms with Crippen LogP contribution >= 0.6 is 15.9 Å². The fourth-order valence-electron chi connectivity index (χ4n) is 6.14. The van der Waals surface area contributed by atoms with Gasteiger partial charge >= 0.3 is 0 Å². The molecule has 0 N–H and O–H groups in total. The Bertz CT molecular complexity index is 1290. The summed E-state index contributed by atoms with van der Waals surface area (Å²) in [6, 6.07) is 12.1. The summed E-state index contributed by atoms with van der Waals surface area (Å²) in [6.45, 7) is 7.23. The number of halogens is 1. The molecule has 2 aromatic carbocycles. The van der Waals surface area contributed by atoms with Gasteiger partial charge in [0.2, 0.25) is 0 Å². The smallest absolute Gasteiger partial charge is 0.165 e. The van der Waals surface area contributed by atoms with E-state index in [1.165, 1.54) is 0 Å². The predicted octanol–water partition coefficient (Wildman–Crippen LogP) is 7.20. The summed E-state index contributed by atoms with van der Waals surface area (Å²) in [5.74, 6) is 1.20. The van der Waals surface area contributed by atoms with Crippen molar-refractivity contribution < 1.29 is 19.1 Å². The molecule has 0 atom stereocenters. The zero-order valence-electron chi connectivity index (χ0n) is 22.1. The predicted molar refractivity (Wildman–Crippen MR) is 152 cm³/mol. The number of rotatable bonds is 8. The van der Waals surface area contributed by atoms with E-state index in [2.05, 4.69) is 40.4 Å². The molecule has 1 aliphatic heterocycles. The van der Waals surface area contributed by atoms with E-state index in [1.54, 1.807) is 7.11 Å². The van der Waals surface area contributed by atoms with Crippen LogP contribution in [-0.2, 0) is 22.6 Å². The average molecular weight is 577 g/mol. The second-order valence-electron chi connectivity index (χ2n) is 10.1. The quantitative estimate of drug-likeness (QED) is 0.311. The zero-order chi connectivity index (χ0) is 26.8. The number of Topliss-reactive ketones (excluding diaryl/α,β-unsaturated/α-hetero) is 2. The molecule has 1 heterocycles. The SMILES string of the molecule is C=CCc1cc(C2C3=C(CCCC3=O)N(CC)C3=C2C(=O)CCC3)cc(OC)c1OCc1ccc(Br)cc1. The molecule has 0 amide bonds. The van der Waals surface area contributed by atoms with Gasteiger partial charge in [-0.1, -0.05) is 40.2 Å². The van der Waals surface area contributed by atoms with Gasteiger partial charge in [0.05, 0.1) is 7.11 Å². The van der Waals surface area contributed by atoms with Crippen molar-refractivity contribution in [2.24, 2.45) is 0 Å². The molecule has 0 spiro atoms. The third-order valence-electron chi connectivity index (χ3n) is 7.77. The summed E-state index contributed by atoms with van der Waals surface area (Å²) in [7, 11) is 1.63. The van der Waals surface area contributed by atoms with Gasteiger partial charge < -0.3 is 14.4 Å². The van der Waals surface area contributed by atoms with Crippen molar-refractivity contribution in [1.29, 1.82) is 0 Å². The first-order chi connectivity index (χ1) is 18.5. The highest BCUT2D eigenvalue weighted by Gasteiger charge is 2.43. The van der Waals surface area contributed by atoms with Gasteiger partial charge in [-0.05, 0) is 68.4 Å². The molecule has 0 aromatic heterocycles. The molecule has 2 aliphatic carbocycles. The molecule has 2 aromatic rings. The molecule has 0 fully saturated rings. The molecular weight excluding hydrogens is 542 g/mol. The van der Waals surface area contributed by atoms with Crippen molar-refractivity contribution in [3.05, 3.63) is 92.8 Å². The normalized spacial score (nSPS) is 17.9. The minimum Gasteiger partial charge on any atom is -0.493 e. The number of benzene rings is 2. The number of carbonyl (C=O) groups is 2. The summed E-state index contributed by atoms with van der Waals surface area (Å²) < 4.78 is 13.2. The third-order valence-corrected chi connectivity index (χ3v) is 8.30. The summed E-state index contributed by atoms with van der Waals surface area (Å²) in [5, 5.41) is 0. The van der Waals surface area contributed by atoms with Crippen LogP contribution in [0.1, 0.15) is 68.1 Å². The second kappa shape index (κ2) is 11.3. The zero-order valence-corrected chi connectivity index (χ0v) is 23.7. The maximum absolute atomic E-state index is 13.5. The average Bonchev–Trinajstić information content (AvgIpc) is 2.92. The summed E-state index contributed by atoms with van der Waals surface area (Å²) in [6.07, 6.45) is 6.90. The largest absolute Gasteiger partial charge is 0.493 e. The molecule has 0 saturated heterocycles. The van der Waals surface area contributed by atoms with Crippen molar-refractivity contribution in [1.82, 2.24) is 4.90 Å². The van der Waals surface area contributed by atoms with Crippen LogP contribution in [0.4, 0.5) is 0 Å². The second-order valence-corrected chi connectivity index (χ2v) is 11.0. The van der Waals surface area contributed by atoms with E-state index in [1.807, 2.05) is 36.4 Å². The van der Waals surface area contributed by atoms with Crippen LogP contribution in [0, 0.1) is 0 Å². The summed E-state index contributed by atoms with van der Waals surface area (Å²) in [5.41, 5.74) is 6.67. The lowest BCUT2D eigenvalue weighted by Crippen LogP contribution is -2.39. The fraction of sp³-hybridized carbons (Fsp3) is 0.375. The standard InChI is InChI=1S/C32H34BrNO4/c1-4-8-21-17-22(18-28(37-3)32(21)38-19-20-13-15-23(33)16-14-20)29-30-24(9-6-11-26(30)35)34(5-2)25-10-7-12-27(36)31(25)29/h4,13-18,29H,1,5-12,19H2,2-3H3. The van der Waals surface area contributed by atoms with Gasteiger partial charge in [-0.25, -0.2) is 0 Å². The Morgan fingerprint density at radius 3 is 2.18 bits per heavy atom. The van der Waals surface area contributed by atoms with Crippen LogP contribution < -0.4 is 9.47 Å². The van der Waals surface area contributed by atoms with Crippen LogP contribution in [0.2, 0.25) is 0 Å². The number of nitrogens with zero attached hydrogens (tertiary/aromatic N) is 1. The maximum Gasteiger partial charge on any atom is 0.165 e. The number of hydrogen-bond acceptors (Lipinski definition) is 5. The topological polar surface area (TPSA) is 55.8 Å². The van der Waals surface area contributed by atoms with Gasteiger partial charge in [0, 0.05) is 57.9 Å². The number of ether oxygens (including phenoxy) is 2. The molecule has 38 heavy (non-hydrogen) atoms. The monoisotopic (exact) mass is 575 g/mol. The highest BCUT2D eigenvalue weighted by molar-refractivity contribution is 9.10. The third kappa shape index (κ3) is 4.86. The number of carbonyl (C=O) groups excluding carboxylic acids is 2. The first-order valence-electron chi connectivity index (χ1n) is 13.5. The van der Waals surface area contributed by atoms with Crippen LogP contribution in [0.15, 0.2) is 76.1 Å². The number of ketones is 2. The Balaban J connectivity index is 1.63. The molecule has 0 saturated carbocycles. The van der Waals surface area contributed by atoms with Crippen LogP contribution in [0.25, 0.3) is 0 Å². The summed E-state index contributed by atoms with van der Waals surface area (Å²) >= 11 is 3.48. The van der Waals surface area contributed by atoms with Crippen LogP contribution in [0.3, 0.4) is 0 Å². The van der Waals surface area contributed by atoms with Gasteiger partial charge in [0.1, 0.15) is 6.61 Å². The highest BCUT2D eigenvalue weighted by Crippen LogP contribution is 2.50. The molecule has 198 valence electrons. The van der Waals surface area contributed by atoms with Gasteiger partial charge in [-0.3, -0.25) is 9.59 Å². The molecule has 0 radical (unpaired) electrons. The van der Waals surface area contributed by atoms with Gasteiger partial charge in [-0.15, -0.1) is 6.58 Å². The minimum absolute atomic E-state index is 0.152. The Hall–Kier alpha value is -3.12. The van der Waals surface area contributed by atoms with Crippen LogP contribution in [0.5, 0.6) is 11.5 Å². The van der Waals surface area contributed by atoms with Crippen LogP contribution in [-0.4, -0.2) is 30.1 Å². The van der Waals surface area contributed by atoms with Crippen molar-refractivity contribution in [3.63, 3.8) is 0 Å². The van der Waals surface area contributed by atoms with E-state index in [0.29, 0.717) is 37.4 Å². The van der Waals surface area contributed by atoms with Gasteiger partial charge in [0.25, 0.3) is 0 Å². The minimum atomic E-state index is -0.374. The first kappa shape index (κ1) is 26.5. The summed E-state index contributed by atoms with van der Waals surface area (Å²) in [4.78, 5) is 29.2. The molecule has 3 aliphatic rings. The number of methoxy groups -OCH3 is 1. The van der Waals surface area contributed by atoms with Crippen molar-refractivity contribution in [3.8, 4) is 11.5 Å². The molecule has 5 nitrogen and oxygen atoms in total. The number of allylic oxidation sites excluding steroid dienone is 5. The molecule has 0 unspecified atom stereocenters. The lowest BCUT2D eigenvalue weighted by atomic mass is 9.70. The fourth-order valence-corrected chi connectivity index (χ4v) is 6.40. The van der Waals surface area contributed by atoms with E-state index >= 15 is 0 Å². The van der Waals surface area contributed by atoms with E-state index in [0.717, 1.165) is 75.9 Å². The van der Waals surface area contributed by atoms with Gasteiger partial charge in [-0.2, -0.15) is 0 Å². The van der Waals surface area contributed by atoms with E-state index in [4.69, 9.17) is 9.47 Å². The number of hydrogen-bond donors (Lipinski definition) is 0. The van der Waals surface area contributed by atoms with Crippen molar-refractivity contribution in [2.45, 2.75) is 64.4 Å². The molecule has 6 heteroatoms. The molecular formula is C32H34BrNO4. The Kier molecular flexibility index (Phi) is 7.89. The maximum atomic E-state index is 13.5. The Morgan fingerprint density at radius 2 is 1.63 bits per heavy atom. The Labute approximate surface area is 233 Å². The van der Waals surface area contributed by atoms with Crippen molar-refractivity contribution >= 4 is 27.5 Å². The van der Waals surface area contributed by atoms with Gasteiger partial charge in [0.15, 0.2) is 23.1 Å². The molecule has 0 bridgehead atoms. The van der Waals surface area contributed by atoms with Crippen molar-refractivity contribution in [2.75, 3.05) is 13.7 Å². The highest BCUT2D eigenvalue weighted by atomic mass is 79.9. The van der Waals surface area contributed by atoms with E-state index in [9.17, 15) is 9.59 Å². The first-order valence-corrected chi connectivity index (χ1v) is 14.2. The Morgan fingerprint density at radius 1 is 1.00 bits per heavy atom. The molecule has 5 rings (SSSR count). The van der Waals surface area contributed by atoms with E-state index in [-0.39, 0.29) is 17.5 Å². The lowest BCUT2D eigenvalue weighted by molar-refractivity contribution is -0.117. The lowest BCUT2D eigenvalue weighted by Gasteiger charge is -2.43.